The van der Waals surface area contributed by atoms with E-state index in [9.17, 15) is 22.8 Å². The molecule has 2 amide bonds. The number of hydrogen-bond acceptors (Lipinski definition) is 5. The van der Waals surface area contributed by atoms with E-state index in [0.29, 0.717) is 11.8 Å². The Bertz CT molecular complexity index is 910. The number of carbonyl (C=O) groups is 3. The standard InChI is InChI=1S/C21H31N3O2S.C2HF3O2/c1-14(2)6-9-23-12-16-17(13-23)21(22-19(16)25)7-10-24(11-8-21)20(26)18-5-4-15(3)27-18;3-2(4,5)1(6)7/h4-5,14,16-17H,6-13H2,1-3H3,(H,22,25);(H,6,7)/t16-,17+;/m1./s1. The van der Waals surface area contributed by atoms with Gasteiger partial charge in [0.05, 0.1) is 10.8 Å². The number of alkyl halides is 3. The highest BCUT2D eigenvalue weighted by Crippen LogP contribution is 2.44. The van der Waals surface area contributed by atoms with Crippen LogP contribution in [0.5, 0.6) is 0 Å². The number of aliphatic carboxylic acids is 1. The Hall–Kier alpha value is -2.14. The van der Waals surface area contributed by atoms with Crippen LogP contribution in [0.2, 0.25) is 0 Å². The number of nitrogens with zero attached hydrogens (tertiary/aromatic N) is 2. The second kappa shape index (κ2) is 10.2. The van der Waals surface area contributed by atoms with Crippen molar-refractivity contribution in [3.8, 4) is 0 Å². The Morgan fingerprint density at radius 1 is 1.24 bits per heavy atom. The van der Waals surface area contributed by atoms with E-state index in [4.69, 9.17) is 9.90 Å². The van der Waals surface area contributed by atoms with Gasteiger partial charge in [-0.1, -0.05) is 13.8 Å². The van der Waals surface area contributed by atoms with E-state index >= 15 is 0 Å². The maximum absolute atomic E-state index is 12.8. The topological polar surface area (TPSA) is 90.0 Å². The second-order valence-electron chi connectivity index (χ2n) is 9.81. The van der Waals surface area contributed by atoms with Crippen LogP contribution in [0.15, 0.2) is 12.1 Å². The summed E-state index contributed by atoms with van der Waals surface area (Å²) < 4.78 is 31.7. The van der Waals surface area contributed by atoms with Crippen LogP contribution in [0.1, 0.15) is 47.7 Å². The van der Waals surface area contributed by atoms with Gasteiger partial charge in [0.15, 0.2) is 0 Å². The first-order valence-electron chi connectivity index (χ1n) is 11.5. The number of carboxylic acids is 1. The lowest BCUT2D eigenvalue weighted by Crippen LogP contribution is -2.56. The molecule has 3 saturated heterocycles. The normalized spacial score (nSPS) is 24.1. The number of aryl methyl sites for hydroxylation is 1. The fourth-order valence-electron chi connectivity index (χ4n) is 5.07. The molecule has 3 fully saturated rings. The number of halogens is 3. The van der Waals surface area contributed by atoms with Crippen LogP contribution < -0.4 is 5.32 Å². The van der Waals surface area contributed by atoms with E-state index in [-0.39, 0.29) is 23.3 Å². The molecular formula is C23H32F3N3O4S. The molecule has 0 aromatic carbocycles. The van der Waals surface area contributed by atoms with Crippen molar-refractivity contribution < 1.29 is 32.7 Å². The Labute approximate surface area is 201 Å². The SMILES string of the molecule is Cc1ccc(C(=O)N2CCC3(CC2)NC(=O)[C@@H]2CN(CCC(C)C)C[C@@H]23)s1.O=C(O)C(F)(F)F. The summed E-state index contributed by atoms with van der Waals surface area (Å²) in [7, 11) is 0. The molecule has 190 valence electrons. The molecule has 1 aromatic heterocycles. The number of hydrogen-bond donors (Lipinski definition) is 2. The molecule has 0 unspecified atom stereocenters. The van der Waals surface area contributed by atoms with Crippen LogP contribution in [0.25, 0.3) is 0 Å². The van der Waals surface area contributed by atoms with Crippen molar-refractivity contribution in [2.45, 2.75) is 51.7 Å². The predicted molar refractivity (Wildman–Crippen MR) is 122 cm³/mol. The van der Waals surface area contributed by atoms with Gasteiger partial charge in [-0.3, -0.25) is 9.59 Å². The van der Waals surface area contributed by atoms with Crippen molar-refractivity contribution in [2.75, 3.05) is 32.7 Å². The molecule has 1 aromatic rings. The Morgan fingerprint density at radius 2 is 1.85 bits per heavy atom. The first kappa shape index (κ1) is 26.5. The van der Waals surface area contributed by atoms with Crippen molar-refractivity contribution >= 4 is 29.1 Å². The van der Waals surface area contributed by atoms with Gasteiger partial charge in [0.1, 0.15) is 0 Å². The minimum absolute atomic E-state index is 0.101. The van der Waals surface area contributed by atoms with Crippen LogP contribution in [-0.4, -0.2) is 77.1 Å². The zero-order valence-electron chi connectivity index (χ0n) is 19.7. The Kier molecular flexibility index (Phi) is 7.96. The van der Waals surface area contributed by atoms with Gasteiger partial charge in [-0.2, -0.15) is 13.2 Å². The summed E-state index contributed by atoms with van der Waals surface area (Å²) in [6, 6.07) is 3.94. The average molecular weight is 504 g/mol. The Morgan fingerprint density at radius 3 is 2.35 bits per heavy atom. The number of rotatable bonds is 4. The quantitative estimate of drug-likeness (QED) is 0.658. The van der Waals surface area contributed by atoms with Crippen LogP contribution in [0.3, 0.4) is 0 Å². The highest BCUT2D eigenvalue weighted by molar-refractivity contribution is 7.13. The van der Waals surface area contributed by atoms with Gasteiger partial charge in [-0.25, -0.2) is 4.79 Å². The fourth-order valence-corrected chi connectivity index (χ4v) is 5.91. The third-order valence-corrected chi connectivity index (χ3v) is 7.96. The molecule has 0 bridgehead atoms. The molecule has 4 rings (SSSR count). The zero-order chi connectivity index (χ0) is 25.3. The number of likely N-dealkylation sites (tertiary alicyclic amines) is 2. The summed E-state index contributed by atoms with van der Waals surface area (Å²) in [6.45, 7) is 11.1. The van der Waals surface area contributed by atoms with E-state index in [1.807, 2.05) is 24.0 Å². The minimum Gasteiger partial charge on any atom is -0.475 e. The number of thiophene rings is 1. The number of carboxylic acid groups (broad SMARTS) is 1. The highest BCUT2D eigenvalue weighted by Gasteiger charge is 2.57. The van der Waals surface area contributed by atoms with E-state index in [2.05, 4.69) is 24.1 Å². The lowest BCUT2D eigenvalue weighted by molar-refractivity contribution is -0.192. The number of piperidine rings is 1. The first-order valence-corrected chi connectivity index (χ1v) is 12.3. The molecule has 7 nitrogen and oxygen atoms in total. The summed E-state index contributed by atoms with van der Waals surface area (Å²) >= 11 is 1.57. The van der Waals surface area contributed by atoms with Gasteiger partial charge in [-0.05, 0) is 50.8 Å². The van der Waals surface area contributed by atoms with Crippen molar-refractivity contribution in [1.29, 1.82) is 0 Å². The summed E-state index contributed by atoms with van der Waals surface area (Å²) in [5.74, 6) is -1.14. The summed E-state index contributed by atoms with van der Waals surface area (Å²) in [5.41, 5.74) is -0.101. The molecule has 0 radical (unpaired) electrons. The van der Waals surface area contributed by atoms with E-state index in [0.717, 1.165) is 50.4 Å². The first-order chi connectivity index (χ1) is 15.8. The van der Waals surface area contributed by atoms with Crippen LogP contribution in [-0.2, 0) is 9.59 Å². The predicted octanol–water partition coefficient (Wildman–Crippen LogP) is 3.39. The molecule has 2 N–H and O–H groups in total. The second-order valence-corrected chi connectivity index (χ2v) is 11.1. The molecule has 11 heteroatoms. The summed E-state index contributed by atoms with van der Waals surface area (Å²) in [4.78, 5) is 40.7. The summed E-state index contributed by atoms with van der Waals surface area (Å²) in [5, 5.41) is 10.5. The Balaban J connectivity index is 0.000000406. The maximum atomic E-state index is 12.8. The number of fused-ring (bicyclic) bond motifs is 2. The maximum Gasteiger partial charge on any atom is 0.490 e. The largest absolute Gasteiger partial charge is 0.490 e. The monoisotopic (exact) mass is 503 g/mol. The molecule has 0 saturated carbocycles. The van der Waals surface area contributed by atoms with Gasteiger partial charge in [0.2, 0.25) is 5.91 Å². The van der Waals surface area contributed by atoms with Gasteiger partial charge in [0, 0.05) is 42.5 Å². The zero-order valence-corrected chi connectivity index (χ0v) is 20.5. The molecule has 34 heavy (non-hydrogen) atoms. The average Bonchev–Trinajstić information content (AvgIpc) is 3.44. The number of carbonyl (C=O) groups excluding carboxylic acids is 2. The molecule has 1 spiro atoms. The molecule has 2 atom stereocenters. The van der Waals surface area contributed by atoms with Crippen LogP contribution in [0, 0.1) is 24.7 Å². The van der Waals surface area contributed by atoms with E-state index < -0.39 is 12.1 Å². The molecular weight excluding hydrogens is 471 g/mol. The minimum atomic E-state index is -5.08. The fraction of sp³-hybridized carbons (Fsp3) is 0.696. The number of amides is 2. The van der Waals surface area contributed by atoms with Crippen molar-refractivity contribution in [3.05, 3.63) is 21.9 Å². The van der Waals surface area contributed by atoms with Crippen molar-refractivity contribution in [2.24, 2.45) is 17.8 Å². The van der Waals surface area contributed by atoms with Crippen molar-refractivity contribution in [3.63, 3.8) is 0 Å². The summed E-state index contributed by atoms with van der Waals surface area (Å²) in [6.07, 6.45) is -2.13. The molecule has 0 aliphatic carbocycles. The molecule has 3 aliphatic heterocycles. The van der Waals surface area contributed by atoms with Crippen LogP contribution >= 0.6 is 11.3 Å². The van der Waals surface area contributed by atoms with Gasteiger partial charge in [-0.15, -0.1) is 11.3 Å². The van der Waals surface area contributed by atoms with E-state index in [1.165, 1.54) is 11.3 Å². The van der Waals surface area contributed by atoms with Gasteiger partial charge < -0.3 is 20.2 Å². The molecule has 4 heterocycles. The van der Waals surface area contributed by atoms with Gasteiger partial charge >= 0.3 is 12.1 Å². The van der Waals surface area contributed by atoms with Crippen molar-refractivity contribution in [1.82, 2.24) is 15.1 Å². The lowest BCUT2D eigenvalue weighted by Gasteiger charge is -2.42. The van der Waals surface area contributed by atoms with Crippen LogP contribution in [0.4, 0.5) is 13.2 Å². The number of nitrogens with one attached hydrogen (secondary N) is 1. The van der Waals surface area contributed by atoms with E-state index in [1.54, 1.807) is 11.3 Å². The third-order valence-electron chi connectivity index (χ3n) is 6.97. The third kappa shape index (κ3) is 5.91. The molecule has 3 aliphatic rings. The lowest BCUT2D eigenvalue weighted by atomic mass is 9.75. The van der Waals surface area contributed by atoms with Gasteiger partial charge in [0.25, 0.3) is 5.91 Å². The smallest absolute Gasteiger partial charge is 0.475 e. The highest BCUT2D eigenvalue weighted by atomic mass is 32.1.